The van der Waals surface area contributed by atoms with Crippen molar-refractivity contribution in [2.75, 3.05) is 7.11 Å². The molecule has 0 bridgehead atoms. The number of halogens is 2. The Hall–Kier alpha value is -0.760. The van der Waals surface area contributed by atoms with E-state index in [4.69, 9.17) is 16.3 Å². The number of rotatable bonds is 4. The fourth-order valence-electron chi connectivity index (χ4n) is 2.90. The Balaban J connectivity index is 1.94. The molecule has 1 fully saturated rings. The lowest BCUT2D eigenvalue weighted by Crippen LogP contribution is -2.13. The van der Waals surface area contributed by atoms with Gasteiger partial charge in [-0.3, -0.25) is 0 Å². The lowest BCUT2D eigenvalue weighted by molar-refractivity contribution is 0.277. The summed E-state index contributed by atoms with van der Waals surface area (Å²) in [5.41, 5.74) is 0.901. The van der Waals surface area contributed by atoms with Crippen LogP contribution in [0.4, 0.5) is 4.39 Å². The number of hydrogen-bond donors (Lipinski definition) is 0. The van der Waals surface area contributed by atoms with Gasteiger partial charge in [0.15, 0.2) is 11.6 Å². The predicted molar refractivity (Wildman–Crippen MR) is 77.4 cm³/mol. The maximum atomic E-state index is 13.8. The summed E-state index contributed by atoms with van der Waals surface area (Å²) in [4.78, 5) is 0. The van der Waals surface area contributed by atoms with Gasteiger partial charge in [-0.25, -0.2) is 4.39 Å². The van der Waals surface area contributed by atoms with Gasteiger partial charge >= 0.3 is 0 Å². The summed E-state index contributed by atoms with van der Waals surface area (Å²) in [6, 6.07) is 3.55. The van der Waals surface area contributed by atoms with Crippen LogP contribution in [0.15, 0.2) is 12.1 Å². The molecule has 3 heteroatoms. The topological polar surface area (TPSA) is 9.23 Å². The van der Waals surface area contributed by atoms with Crippen molar-refractivity contribution >= 4 is 11.6 Å². The average Bonchev–Trinajstić information content (AvgIpc) is 2.42. The van der Waals surface area contributed by atoms with Crippen LogP contribution in [-0.2, 0) is 6.42 Å². The van der Waals surface area contributed by atoms with Gasteiger partial charge in [-0.1, -0.05) is 50.3 Å². The van der Waals surface area contributed by atoms with E-state index < -0.39 is 5.82 Å². The molecule has 1 aliphatic carbocycles. The van der Waals surface area contributed by atoms with Crippen molar-refractivity contribution in [1.82, 2.24) is 0 Å². The summed E-state index contributed by atoms with van der Waals surface area (Å²) in [5.74, 6) is 1.44. The van der Waals surface area contributed by atoms with Crippen LogP contribution in [0.1, 0.15) is 44.6 Å². The van der Waals surface area contributed by atoms with Crippen LogP contribution < -0.4 is 4.74 Å². The van der Waals surface area contributed by atoms with Crippen molar-refractivity contribution in [1.29, 1.82) is 0 Å². The Labute approximate surface area is 120 Å². The molecule has 0 radical (unpaired) electrons. The molecule has 0 saturated heterocycles. The fourth-order valence-corrected chi connectivity index (χ4v) is 3.15. The average molecular weight is 285 g/mol. The Morgan fingerprint density at radius 1 is 1.26 bits per heavy atom. The lowest BCUT2D eigenvalue weighted by atomic mass is 9.80. The van der Waals surface area contributed by atoms with E-state index in [1.807, 2.05) is 6.07 Å². The Morgan fingerprint density at radius 3 is 2.58 bits per heavy atom. The maximum absolute atomic E-state index is 13.8. The van der Waals surface area contributed by atoms with Crippen LogP contribution in [0.2, 0.25) is 5.02 Å². The van der Waals surface area contributed by atoms with Crippen molar-refractivity contribution in [2.45, 2.75) is 45.4 Å². The molecule has 0 aromatic heterocycles. The molecule has 2 rings (SSSR count). The summed E-state index contributed by atoms with van der Waals surface area (Å²) in [7, 11) is 1.46. The molecule has 0 heterocycles. The van der Waals surface area contributed by atoms with Gasteiger partial charge in [0.2, 0.25) is 0 Å². The highest BCUT2D eigenvalue weighted by Crippen LogP contribution is 2.33. The first-order valence-electron chi connectivity index (χ1n) is 7.12. The Morgan fingerprint density at radius 2 is 1.95 bits per heavy atom. The molecule has 0 N–H and O–H groups in total. The van der Waals surface area contributed by atoms with E-state index in [1.165, 1.54) is 32.8 Å². The largest absolute Gasteiger partial charge is 0.494 e. The molecule has 1 aliphatic rings. The zero-order chi connectivity index (χ0) is 13.8. The zero-order valence-electron chi connectivity index (χ0n) is 11.7. The van der Waals surface area contributed by atoms with Crippen LogP contribution >= 0.6 is 11.6 Å². The van der Waals surface area contributed by atoms with Crippen molar-refractivity contribution in [3.05, 3.63) is 28.5 Å². The monoisotopic (exact) mass is 284 g/mol. The molecule has 106 valence electrons. The van der Waals surface area contributed by atoms with Gasteiger partial charge in [-0.2, -0.15) is 0 Å². The first-order chi connectivity index (χ1) is 9.11. The minimum Gasteiger partial charge on any atom is -0.494 e. The molecule has 0 unspecified atom stereocenters. The van der Waals surface area contributed by atoms with E-state index >= 15 is 0 Å². The molecule has 0 spiro atoms. The minimum absolute atomic E-state index is 0.222. The molecule has 19 heavy (non-hydrogen) atoms. The molecular formula is C16H22ClFO. The Kier molecular flexibility index (Phi) is 5.09. The summed E-state index contributed by atoms with van der Waals surface area (Å²) in [5, 5.41) is 0.225. The molecule has 0 atom stereocenters. The molecule has 1 aromatic rings. The van der Waals surface area contributed by atoms with Gasteiger partial charge in [0.1, 0.15) is 0 Å². The number of ether oxygens (including phenoxy) is 1. The second-order valence-corrected chi connectivity index (χ2v) is 6.10. The second-order valence-electron chi connectivity index (χ2n) is 5.72. The fraction of sp³-hybridized carbons (Fsp3) is 0.625. The van der Waals surface area contributed by atoms with E-state index in [0.29, 0.717) is 0 Å². The van der Waals surface area contributed by atoms with Crippen LogP contribution in [0, 0.1) is 17.7 Å². The minimum atomic E-state index is -0.432. The van der Waals surface area contributed by atoms with Crippen LogP contribution in [0.3, 0.4) is 0 Å². The summed E-state index contributed by atoms with van der Waals surface area (Å²) in [6.07, 6.45) is 7.23. The van der Waals surface area contributed by atoms with Gasteiger partial charge in [-0.05, 0) is 36.3 Å². The van der Waals surface area contributed by atoms with E-state index in [2.05, 4.69) is 6.92 Å². The summed E-state index contributed by atoms with van der Waals surface area (Å²) in [6.45, 7) is 2.33. The molecule has 1 aromatic carbocycles. The second kappa shape index (κ2) is 6.60. The number of hydrogen-bond acceptors (Lipinski definition) is 1. The van der Waals surface area contributed by atoms with Gasteiger partial charge in [0.25, 0.3) is 0 Å². The van der Waals surface area contributed by atoms with Crippen molar-refractivity contribution in [3.8, 4) is 5.75 Å². The quantitative estimate of drug-likeness (QED) is 0.734. The van der Waals surface area contributed by atoms with Gasteiger partial charge < -0.3 is 4.74 Å². The molecule has 0 amide bonds. The van der Waals surface area contributed by atoms with Crippen molar-refractivity contribution in [2.24, 2.45) is 11.8 Å². The summed E-state index contributed by atoms with van der Waals surface area (Å²) >= 11 is 6.06. The molecule has 1 nitrogen and oxygen atoms in total. The SMILES string of the molecule is COc1ccc(CCC2CCC(C)CC2)c(Cl)c1F. The highest BCUT2D eigenvalue weighted by molar-refractivity contribution is 6.31. The standard InChI is InChI=1S/C16H22ClFO/c1-11-3-5-12(6-4-11)7-8-13-9-10-14(19-2)16(18)15(13)17/h9-12H,3-8H2,1-2H3. The van der Waals surface area contributed by atoms with E-state index in [-0.39, 0.29) is 10.8 Å². The van der Waals surface area contributed by atoms with Crippen molar-refractivity contribution in [3.63, 3.8) is 0 Å². The van der Waals surface area contributed by atoms with E-state index in [9.17, 15) is 4.39 Å². The number of methoxy groups -OCH3 is 1. The Bertz CT molecular complexity index is 425. The number of aryl methyl sites for hydroxylation is 1. The van der Waals surface area contributed by atoms with E-state index in [1.54, 1.807) is 6.07 Å². The third-order valence-corrected chi connectivity index (χ3v) is 4.71. The van der Waals surface area contributed by atoms with Gasteiger partial charge in [0.05, 0.1) is 12.1 Å². The van der Waals surface area contributed by atoms with E-state index in [0.717, 1.165) is 30.2 Å². The van der Waals surface area contributed by atoms with Crippen molar-refractivity contribution < 1.29 is 9.13 Å². The van der Waals surface area contributed by atoms with Crippen LogP contribution in [-0.4, -0.2) is 7.11 Å². The zero-order valence-corrected chi connectivity index (χ0v) is 12.5. The van der Waals surface area contributed by atoms with Crippen LogP contribution in [0.5, 0.6) is 5.75 Å². The summed E-state index contributed by atoms with van der Waals surface area (Å²) < 4.78 is 18.7. The first kappa shape index (κ1) is 14.6. The maximum Gasteiger partial charge on any atom is 0.183 e. The third-order valence-electron chi connectivity index (χ3n) is 4.30. The number of benzene rings is 1. The molecule has 0 aliphatic heterocycles. The van der Waals surface area contributed by atoms with Gasteiger partial charge in [0, 0.05) is 0 Å². The third kappa shape index (κ3) is 3.62. The smallest absolute Gasteiger partial charge is 0.183 e. The molecule has 1 saturated carbocycles. The first-order valence-corrected chi connectivity index (χ1v) is 7.50. The highest BCUT2D eigenvalue weighted by Gasteiger charge is 2.19. The molecular weight excluding hydrogens is 263 g/mol. The van der Waals surface area contributed by atoms with Gasteiger partial charge in [-0.15, -0.1) is 0 Å². The predicted octanol–water partition coefficient (Wildman–Crippen LogP) is 5.25. The van der Waals surface area contributed by atoms with Crippen LogP contribution in [0.25, 0.3) is 0 Å². The highest BCUT2D eigenvalue weighted by atomic mass is 35.5. The lowest BCUT2D eigenvalue weighted by Gasteiger charge is -2.26. The normalized spacial score (nSPS) is 23.4.